The summed E-state index contributed by atoms with van der Waals surface area (Å²) in [6.45, 7) is 3.27. The van der Waals surface area contributed by atoms with E-state index in [4.69, 9.17) is 0 Å². The molecule has 0 saturated heterocycles. The Morgan fingerprint density at radius 2 is 2.00 bits per heavy atom. The van der Waals surface area contributed by atoms with Crippen molar-refractivity contribution < 1.29 is 4.79 Å². The highest BCUT2D eigenvalue weighted by molar-refractivity contribution is 6.08. The van der Waals surface area contributed by atoms with Crippen LogP contribution in [-0.4, -0.2) is 12.5 Å². The number of nitriles is 1. The van der Waals surface area contributed by atoms with Crippen LogP contribution in [0.3, 0.4) is 0 Å². The van der Waals surface area contributed by atoms with Gasteiger partial charge in [-0.2, -0.15) is 5.26 Å². The van der Waals surface area contributed by atoms with Crippen molar-refractivity contribution in [1.82, 2.24) is 5.32 Å². The molecule has 126 valence electrons. The van der Waals surface area contributed by atoms with Gasteiger partial charge in [-0.25, -0.2) is 0 Å². The Morgan fingerprint density at radius 3 is 2.80 bits per heavy atom. The maximum Gasteiger partial charge on any atom is 0.270 e. The highest BCUT2D eigenvalue weighted by Gasteiger charge is 2.24. The maximum absolute atomic E-state index is 12.8. The van der Waals surface area contributed by atoms with Gasteiger partial charge in [0.2, 0.25) is 0 Å². The molecule has 0 aromatic heterocycles. The fraction of sp³-hybridized carbons (Fsp3) is 0.238. The molecule has 0 aliphatic carbocycles. The molecule has 1 aliphatic heterocycles. The second-order valence-electron chi connectivity index (χ2n) is 6.17. The number of amides is 1. The van der Waals surface area contributed by atoms with Gasteiger partial charge < -0.3 is 10.2 Å². The predicted molar refractivity (Wildman–Crippen MR) is 98.8 cm³/mol. The SMILES string of the molecule is Cc1ccccc1CN/C=C(/C#N)C(=O)N1CCCc2ccccc21. The van der Waals surface area contributed by atoms with Gasteiger partial charge in [-0.3, -0.25) is 4.79 Å². The number of nitrogens with zero attached hydrogens (tertiary/aromatic N) is 2. The second-order valence-corrected chi connectivity index (χ2v) is 6.17. The summed E-state index contributed by atoms with van der Waals surface area (Å²) in [5.74, 6) is -0.244. The number of carbonyl (C=O) groups excluding carboxylic acids is 1. The molecule has 4 nitrogen and oxygen atoms in total. The Kier molecular flexibility index (Phi) is 5.15. The Bertz CT molecular complexity index is 848. The van der Waals surface area contributed by atoms with Crippen molar-refractivity contribution in [2.75, 3.05) is 11.4 Å². The zero-order valence-corrected chi connectivity index (χ0v) is 14.3. The van der Waals surface area contributed by atoms with Crippen LogP contribution in [-0.2, 0) is 17.8 Å². The van der Waals surface area contributed by atoms with E-state index in [1.165, 1.54) is 11.8 Å². The topological polar surface area (TPSA) is 56.1 Å². The fourth-order valence-electron chi connectivity index (χ4n) is 3.10. The minimum absolute atomic E-state index is 0.130. The molecule has 0 fully saturated rings. The summed E-state index contributed by atoms with van der Waals surface area (Å²) in [6, 6.07) is 18.0. The van der Waals surface area contributed by atoms with Crippen LogP contribution in [0.25, 0.3) is 0 Å². The van der Waals surface area contributed by atoms with Crippen LogP contribution in [0.1, 0.15) is 23.1 Å². The monoisotopic (exact) mass is 331 g/mol. The predicted octanol–water partition coefficient (Wildman–Crippen LogP) is 3.47. The van der Waals surface area contributed by atoms with E-state index in [0.29, 0.717) is 13.1 Å². The van der Waals surface area contributed by atoms with E-state index in [1.54, 1.807) is 4.90 Å². The molecular formula is C21H21N3O. The van der Waals surface area contributed by atoms with Crippen LogP contribution < -0.4 is 10.2 Å². The molecule has 2 aromatic rings. The summed E-state index contributed by atoms with van der Waals surface area (Å²) in [5, 5.41) is 12.5. The average Bonchev–Trinajstić information content (AvgIpc) is 2.65. The van der Waals surface area contributed by atoms with Gasteiger partial charge in [0.1, 0.15) is 11.6 Å². The van der Waals surface area contributed by atoms with E-state index >= 15 is 0 Å². The number of fused-ring (bicyclic) bond motifs is 1. The van der Waals surface area contributed by atoms with E-state index in [-0.39, 0.29) is 11.5 Å². The molecule has 0 bridgehead atoms. The van der Waals surface area contributed by atoms with Gasteiger partial charge in [0.25, 0.3) is 5.91 Å². The molecule has 0 unspecified atom stereocenters. The molecule has 2 aromatic carbocycles. The average molecular weight is 331 g/mol. The third-order valence-electron chi connectivity index (χ3n) is 4.51. The van der Waals surface area contributed by atoms with Crippen molar-refractivity contribution in [3.8, 4) is 6.07 Å². The summed E-state index contributed by atoms with van der Waals surface area (Å²) in [5.41, 5.74) is 4.53. The largest absolute Gasteiger partial charge is 0.386 e. The Labute approximate surface area is 148 Å². The van der Waals surface area contributed by atoms with Crippen molar-refractivity contribution in [2.24, 2.45) is 0 Å². The lowest BCUT2D eigenvalue weighted by molar-refractivity contribution is -0.114. The number of rotatable bonds is 4. The molecular weight excluding hydrogens is 310 g/mol. The lowest BCUT2D eigenvalue weighted by Crippen LogP contribution is -2.36. The van der Waals surface area contributed by atoms with Crippen LogP contribution in [0.5, 0.6) is 0 Å². The second kappa shape index (κ2) is 7.67. The van der Waals surface area contributed by atoms with Gasteiger partial charge in [-0.15, -0.1) is 0 Å². The van der Waals surface area contributed by atoms with Crippen LogP contribution in [0, 0.1) is 18.3 Å². The van der Waals surface area contributed by atoms with E-state index in [9.17, 15) is 10.1 Å². The third kappa shape index (κ3) is 3.72. The summed E-state index contributed by atoms with van der Waals surface area (Å²) in [6.07, 6.45) is 3.42. The summed E-state index contributed by atoms with van der Waals surface area (Å²) >= 11 is 0. The Hall–Kier alpha value is -3.06. The first-order valence-electron chi connectivity index (χ1n) is 8.48. The number of benzene rings is 2. The molecule has 1 aliphatic rings. The molecule has 1 amide bonds. The Morgan fingerprint density at radius 1 is 1.24 bits per heavy atom. The van der Waals surface area contributed by atoms with Crippen molar-refractivity contribution in [3.05, 3.63) is 77.0 Å². The molecule has 0 radical (unpaired) electrons. The molecule has 25 heavy (non-hydrogen) atoms. The van der Waals surface area contributed by atoms with Crippen molar-refractivity contribution >= 4 is 11.6 Å². The molecule has 0 spiro atoms. The first-order chi connectivity index (χ1) is 12.2. The number of para-hydroxylation sites is 1. The van der Waals surface area contributed by atoms with Crippen LogP contribution >= 0.6 is 0 Å². The first kappa shape index (κ1) is 16.8. The lowest BCUT2D eigenvalue weighted by Gasteiger charge is -2.29. The number of nitrogens with one attached hydrogen (secondary N) is 1. The molecule has 3 rings (SSSR count). The summed E-state index contributed by atoms with van der Waals surface area (Å²) < 4.78 is 0. The smallest absolute Gasteiger partial charge is 0.270 e. The van der Waals surface area contributed by atoms with Crippen molar-refractivity contribution in [3.63, 3.8) is 0 Å². The molecule has 4 heteroatoms. The normalized spacial score (nSPS) is 13.8. The zero-order valence-electron chi connectivity index (χ0n) is 14.3. The van der Waals surface area contributed by atoms with Gasteiger partial charge in [0.05, 0.1) is 0 Å². The van der Waals surface area contributed by atoms with Crippen molar-refractivity contribution in [1.29, 1.82) is 5.26 Å². The number of hydrogen-bond acceptors (Lipinski definition) is 3. The standard InChI is InChI=1S/C21H21N3O/c1-16-7-2-3-9-18(16)14-23-15-19(13-22)21(25)24-12-6-10-17-8-4-5-11-20(17)24/h2-5,7-9,11,15,23H,6,10,12,14H2,1H3/b19-15-. The van der Waals surface area contributed by atoms with Gasteiger partial charge >= 0.3 is 0 Å². The third-order valence-corrected chi connectivity index (χ3v) is 4.51. The quantitative estimate of drug-likeness (QED) is 0.689. The zero-order chi connectivity index (χ0) is 17.6. The first-order valence-corrected chi connectivity index (χ1v) is 8.48. The molecule has 0 atom stereocenters. The minimum Gasteiger partial charge on any atom is -0.386 e. The molecule has 0 saturated carbocycles. The van der Waals surface area contributed by atoms with Crippen LogP contribution in [0.2, 0.25) is 0 Å². The van der Waals surface area contributed by atoms with Crippen molar-refractivity contribution in [2.45, 2.75) is 26.3 Å². The number of anilines is 1. The molecule has 1 heterocycles. The van der Waals surface area contributed by atoms with E-state index in [0.717, 1.165) is 29.7 Å². The number of aryl methyl sites for hydroxylation is 2. The minimum atomic E-state index is -0.244. The van der Waals surface area contributed by atoms with Crippen LogP contribution in [0.4, 0.5) is 5.69 Å². The summed E-state index contributed by atoms with van der Waals surface area (Å²) in [4.78, 5) is 14.5. The van der Waals surface area contributed by atoms with Gasteiger partial charge in [-0.1, -0.05) is 42.5 Å². The van der Waals surface area contributed by atoms with E-state index in [1.807, 2.05) is 61.5 Å². The van der Waals surface area contributed by atoms with Gasteiger partial charge in [-0.05, 0) is 42.5 Å². The van der Waals surface area contributed by atoms with E-state index < -0.39 is 0 Å². The number of hydrogen-bond donors (Lipinski definition) is 1. The number of carbonyl (C=O) groups is 1. The Balaban J connectivity index is 1.74. The van der Waals surface area contributed by atoms with Crippen LogP contribution in [0.15, 0.2) is 60.3 Å². The lowest BCUT2D eigenvalue weighted by atomic mass is 10.0. The van der Waals surface area contributed by atoms with E-state index in [2.05, 4.69) is 5.32 Å². The highest BCUT2D eigenvalue weighted by atomic mass is 16.2. The molecule has 1 N–H and O–H groups in total. The summed E-state index contributed by atoms with van der Waals surface area (Å²) in [7, 11) is 0. The maximum atomic E-state index is 12.8. The fourth-order valence-corrected chi connectivity index (χ4v) is 3.10. The van der Waals surface area contributed by atoms with Gasteiger partial charge in [0, 0.05) is 25.0 Å². The highest BCUT2D eigenvalue weighted by Crippen LogP contribution is 2.27. The van der Waals surface area contributed by atoms with Gasteiger partial charge in [0.15, 0.2) is 0 Å².